The minimum atomic E-state index is -1.20. The zero-order chi connectivity index (χ0) is 15.8. The molecule has 0 saturated carbocycles. The predicted molar refractivity (Wildman–Crippen MR) is 87.4 cm³/mol. The fourth-order valence-electron chi connectivity index (χ4n) is 1.69. The third-order valence-electron chi connectivity index (χ3n) is 2.82. The van der Waals surface area contributed by atoms with Crippen molar-refractivity contribution in [1.82, 2.24) is 10.7 Å². The van der Waals surface area contributed by atoms with Crippen molar-refractivity contribution in [3.05, 3.63) is 71.3 Å². The maximum absolute atomic E-state index is 10.6. The summed E-state index contributed by atoms with van der Waals surface area (Å²) in [7, 11) is 0. The van der Waals surface area contributed by atoms with Gasteiger partial charge in [-0.05, 0) is 28.9 Å². The van der Waals surface area contributed by atoms with Crippen LogP contribution in [0, 0.1) is 0 Å². The van der Waals surface area contributed by atoms with Crippen LogP contribution in [-0.2, 0) is 6.54 Å². The molecular formula is C16H14N3O2S-. The summed E-state index contributed by atoms with van der Waals surface area (Å²) in [4.78, 5) is 10.6. The molecule has 5 nitrogen and oxygen atoms in total. The highest BCUT2D eigenvalue weighted by atomic mass is 32.1. The van der Waals surface area contributed by atoms with E-state index in [0.717, 1.165) is 11.1 Å². The molecular weight excluding hydrogens is 298 g/mol. The lowest BCUT2D eigenvalue weighted by Crippen LogP contribution is -2.31. The smallest absolute Gasteiger partial charge is 0.187 e. The van der Waals surface area contributed by atoms with Crippen LogP contribution in [0.3, 0.4) is 0 Å². The maximum atomic E-state index is 10.6. The van der Waals surface area contributed by atoms with E-state index < -0.39 is 5.97 Å². The van der Waals surface area contributed by atoms with Crippen LogP contribution in [0.1, 0.15) is 21.5 Å². The molecule has 0 radical (unpaired) electrons. The number of carbonyl (C=O) groups excluding carboxylic acids is 1. The summed E-state index contributed by atoms with van der Waals surface area (Å²) < 4.78 is 0. The molecule has 0 fully saturated rings. The predicted octanol–water partition coefficient (Wildman–Crippen LogP) is 1.05. The summed E-state index contributed by atoms with van der Waals surface area (Å²) >= 11 is 5.10. The van der Waals surface area contributed by atoms with Gasteiger partial charge in [-0.25, -0.2) is 0 Å². The van der Waals surface area contributed by atoms with Crippen molar-refractivity contribution in [1.29, 1.82) is 0 Å². The lowest BCUT2D eigenvalue weighted by molar-refractivity contribution is -0.255. The molecule has 6 heteroatoms. The highest BCUT2D eigenvalue weighted by molar-refractivity contribution is 7.80. The number of aromatic carboxylic acids is 1. The number of hydrogen-bond donors (Lipinski definition) is 2. The van der Waals surface area contributed by atoms with Crippen LogP contribution in [0.4, 0.5) is 0 Å². The zero-order valence-corrected chi connectivity index (χ0v) is 12.5. The molecule has 2 aromatic carbocycles. The molecule has 0 heterocycles. The Hall–Kier alpha value is -2.73. The van der Waals surface area contributed by atoms with E-state index in [1.54, 1.807) is 18.3 Å². The second kappa shape index (κ2) is 7.90. The van der Waals surface area contributed by atoms with Crippen molar-refractivity contribution in [3.8, 4) is 0 Å². The number of nitrogens with zero attached hydrogens (tertiary/aromatic N) is 1. The number of carbonyl (C=O) groups is 1. The Balaban J connectivity index is 1.79. The molecule has 112 valence electrons. The molecule has 0 bridgehead atoms. The van der Waals surface area contributed by atoms with Crippen LogP contribution in [0.25, 0.3) is 0 Å². The quantitative estimate of drug-likeness (QED) is 0.490. The van der Waals surface area contributed by atoms with Crippen LogP contribution >= 0.6 is 12.2 Å². The SMILES string of the molecule is O=C([O-])c1ccc(/C=N\NC(=S)NCc2ccccc2)cc1. The van der Waals surface area contributed by atoms with Crippen LogP contribution < -0.4 is 15.8 Å². The number of rotatable bonds is 5. The molecule has 0 amide bonds. The van der Waals surface area contributed by atoms with Gasteiger partial charge in [0.15, 0.2) is 5.11 Å². The van der Waals surface area contributed by atoms with Gasteiger partial charge in [0, 0.05) is 6.54 Å². The molecule has 0 aliphatic heterocycles. The van der Waals surface area contributed by atoms with Gasteiger partial charge in [0.05, 0.1) is 12.2 Å². The van der Waals surface area contributed by atoms with Gasteiger partial charge in [0.2, 0.25) is 0 Å². The molecule has 0 unspecified atom stereocenters. The van der Waals surface area contributed by atoms with E-state index in [-0.39, 0.29) is 5.56 Å². The Bertz CT molecular complexity index is 670. The monoisotopic (exact) mass is 312 g/mol. The molecule has 0 aliphatic carbocycles. The Morgan fingerprint density at radius 1 is 1.14 bits per heavy atom. The van der Waals surface area contributed by atoms with E-state index in [0.29, 0.717) is 11.7 Å². The lowest BCUT2D eigenvalue weighted by Gasteiger charge is -2.06. The molecule has 0 spiro atoms. The van der Waals surface area contributed by atoms with Gasteiger partial charge in [0.25, 0.3) is 0 Å². The van der Waals surface area contributed by atoms with Gasteiger partial charge in [-0.1, -0.05) is 54.6 Å². The van der Waals surface area contributed by atoms with Gasteiger partial charge in [-0.3, -0.25) is 5.43 Å². The molecule has 0 atom stereocenters. The van der Waals surface area contributed by atoms with Crippen molar-refractivity contribution in [2.75, 3.05) is 0 Å². The maximum Gasteiger partial charge on any atom is 0.187 e. The van der Waals surface area contributed by atoms with Crippen LogP contribution in [0.15, 0.2) is 59.7 Å². The Morgan fingerprint density at radius 2 is 1.82 bits per heavy atom. The fraction of sp³-hybridized carbons (Fsp3) is 0.0625. The van der Waals surface area contributed by atoms with Gasteiger partial charge in [0.1, 0.15) is 0 Å². The first-order valence-electron chi connectivity index (χ1n) is 6.57. The third kappa shape index (κ3) is 4.99. The number of benzene rings is 2. The van der Waals surface area contributed by atoms with Gasteiger partial charge in [-0.15, -0.1) is 0 Å². The van der Waals surface area contributed by atoms with E-state index in [1.807, 2.05) is 30.3 Å². The average molecular weight is 312 g/mol. The number of thiocarbonyl (C=S) groups is 1. The molecule has 0 aliphatic rings. The highest BCUT2D eigenvalue weighted by Crippen LogP contribution is 2.01. The molecule has 0 aromatic heterocycles. The van der Waals surface area contributed by atoms with Crippen molar-refractivity contribution < 1.29 is 9.90 Å². The van der Waals surface area contributed by atoms with Crippen molar-refractivity contribution in [2.24, 2.45) is 5.10 Å². The standard InChI is InChI=1S/C16H15N3O2S/c20-15(21)14-8-6-13(7-9-14)11-18-19-16(22)17-10-12-4-2-1-3-5-12/h1-9,11H,10H2,(H,20,21)(H2,17,19,22)/p-1/b18-11-. The van der Waals surface area contributed by atoms with Gasteiger partial charge < -0.3 is 15.2 Å². The Kier molecular flexibility index (Phi) is 5.62. The highest BCUT2D eigenvalue weighted by Gasteiger charge is 1.95. The van der Waals surface area contributed by atoms with Crippen molar-refractivity contribution >= 4 is 29.5 Å². The lowest BCUT2D eigenvalue weighted by atomic mass is 10.1. The summed E-state index contributed by atoms with van der Waals surface area (Å²) in [5.74, 6) is -1.20. The Labute approximate surface area is 133 Å². The minimum Gasteiger partial charge on any atom is -0.545 e. The number of hydrazone groups is 1. The average Bonchev–Trinajstić information content (AvgIpc) is 2.54. The third-order valence-corrected chi connectivity index (χ3v) is 3.06. The number of carboxylic acid groups (broad SMARTS) is 1. The largest absolute Gasteiger partial charge is 0.545 e. The minimum absolute atomic E-state index is 0.130. The first-order valence-corrected chi connectivity index (χ1v) is 6.98. The molecule has 2 N–H and O–H groups in total. The number of carboxylic acids is 1. The van der Waals surface area contributed by atoms with E-state index in [2.05, 4.69) is 15.8 Å². The first kappa shape index (κ1) is 15.7. The van der Waals surface area contributed by atoms with Crippen molar-refractivity contribution in [2.45, 2.75) is 6.54 Å². The molecule has 22 heavy (non-hydrogen) atoms. The van der Waals surface area contributed by atoms with E-state index in [1.165, 1.54) is 12.1 Å². The number of nitrogens with one attached hydrogen (secondary N) is 2. The summed E-state index contributed by atoms with van der Waals surface area (Å²) in [6.45, 7) is 0.614. The van der Waals surface area contributed by atoms with E-state index in [4.69, 9.17) is 12.2 Å². The van der Waals surface area contributed by atoms with Crippen LogP contribution in [-0.4, -0.2) is 17.3 Å². The van der Waals surface area contributed by atoms with Gasteiger partial charge in [-0.2, -0.15) is 5.10 Å². The van der Waals surface area contributed by atoms with E-state index in [9.17, 15) is 9.90 Å². The molecule has 0 saturated heterocycles. The second-order valence-corrected chi connectivity index (χ2v) is 4.86. The van der Waals surface area contributed by atoms with E-state index >= 15 is 0 Å². The summed E-state index contributed by atoms with van der Waals surface area (Å²) in [6, 6.07) is 16.1. The summed E-state index contributed by atoms with van der Waals surface area (Å²) in [6.07, 6.45) is 1.55. The molecule has 2 aromatic rings. The summed E-state index contributed by atoms with van der Waals surface area (Å²) in [5, 5.41) is 18.0. The topological polar surface area (TPSA) is 76.5 Å². The number of hydrogen-bond acceptors (Lipinski definition) is 4. The van der Waals surface area contributed by atoms with Crippen LogP contribution in [0.5, 0.6) is 0 Å². The first-order chi connectivity index (χ1) is 10.6. The Morgan fingerprint density at radius 3 is 2.45 bits per heavy atom. The molecule has 2 rings (SSSR count). The van der Waals surface area contributed by atoms with Gasteiger partial charge >= 0.3 is 0 Å². The summed E-state index contributed by atoms with van der Waals surface area (Å²) in [5.41, 5.74) is 4.70. The van der Waals surface area contributed by atoms with Crippen molar-refractivity contribution in [3.63, 3.8) is 0 Å². The van der Waals surface area contributed by atoms with Crippen LogP contribution in [0.2, 0.25) is 0 Å². The normalized spacial score (nSPS) is 10.4. The second-order valence-electron chi connectivity index (χ2n) is 4.45. The zero-order valence-electron chi connectivity index (χ0n) is 11.7. The fourth-order valence-corrected chi connectivity index (χ4v) is 1.81.